The number of aromatic nitrogens is 3. The van der Waals surface area contributed by atoms with Gasteiger partial charge in [0.05, 0.1) is 0 Å². The van der Waals surface area contributed by atoms with E-state index in [9.17, 15) is 13.2 Å². The van der Waals surface area contributed by atoms with Crippen LogP contribution < -0.4 is 4.74 Å². The van der Waals surface area contributed by atoms with Crippen molar-refractivity contribution in [2.75, 3.05) is 6.67 Å². The maximum atomic E-state index is 12.9. The van der Waals surface area contributed by atoms with E-state index in [2.05, 4.69) is 19.9 Å². The molecule has 1 aromatic carbocycles. The van der Waals surface area contributed by atoms with E-state index < -0.39 is 12.8 Å². The van der Waals surface area contributed by atoms with Gasteiger partial charge < -0.3 is 9.26 Å². The lowest BCUT2D eigenvalue weighted by molar-refractivity contribution is -0.186. The Bertz CT molecular complexity index is 793. The van der Waals surface area contributed by atoms with Crippen LogP contribution in [-0.4, -0.2) is 27.9 Å². The van der Waals surface area contributed by atoms with Gasteiger partial charge in [-0.2, -0.15) is 13.8 Å². The van der Waals surface area contributed by atoms with E-state index in [1.54, 1.807) is 30.5 Å². The van der Waals surface area contributed by atoms with Gasteiger partial charge >= 0.3 is 6.11 Å². The van der Waals surface area contributed by atoms with Crippen molar-refractivity contribution in [3.8, 4) is 28.7 Å². The Hall–Kier alpha value is -2.90. The molecule has 0 aliphatic rings. The number of pyridine rings is 1. The van der Waals surface area contributed by atoms with Crippen LogP contribution in [0.15, 0.2) is 53.2 Å². The van der Waals surface area contributed by atoms with E-state index in [4.69, 9.17) is 4.52 Å². The highest BCUT2D eigenvalue weighted by atomic mass is 19.3. The zero-order valence-corrected chi connectivity index (χ0v) is 11.6. The molecule has 5 nitrogen and oxygen atoms in total. The SMILES string of the molecule is FCC(F)(F)Oc1cccc(-c2nc(-c3ccccn3)no2)c1. The first-order valence-electron chi connectivity index (χ1n) is 6.56. The van der Waals surface area contributed by atoms with E-state index in [-0.39, 0.29) is 17.5 Å². The number of rotatable bonds is 5. The smallest absolute Gasteiger partial charge is 0.427 e. The Morgan fingerprint density at radius 3 is 2.74 bits per heavy atom. The normalized spacial score (nSPS) is 11.4. The molecule has 23 heavy (non-hydrogen) atoms. The molecule has 3 rings (SSSR count). The number of ether oxygens (including phenoxy) is 1. The monoisotopic (exact) mass is 321 g/mol. The van der Waals surface area contributed by atoms with Gasteiger partial charge in [0.1, 0.15) is 11.4 Å². The molecule has 0 unspecified atom stereocenters. The fourth-order valence-electron chi connectivity index (χ4n) is 1.83. The third-order valence-corrected chi connectivity index (χ3v) is 2.82. The first-order chi connectivity index (χ1) is 11.1. The Balaban J connectivity index is 1.87. The molecule has 0 amide bonds. The zero-order valence-electron chi connectivity index (χ0n) is 11.6. The molecular formula is C15H10F3N3O2. The Morgan fingerprint density at radius 2 is 2.00 bits per heavy atom. The summed E-state index contributed by atoms with van der Waals surface area (Å²) in [6.07, 6.45) is -2.30. The van der Waals surface area contributed by atoms with Crippen LogP contribution in [0.3, 0.4) is 0 Å². The van der Waals surface area contributed by atoms with E-state index in [1.807, 2.05) is 0 Å². The second-order valence-electron chi connectivity index (χ2n) is 4.54. The third-order valence-electron chi connectivity index (χ3n) is 2.82. The summed E-state index contributed by atoms with van der Waals surface area (Å²) in [6, 6.07) is 10.8. The van der Waals surface area contributed by atoms with Crippen molar-refractivity contribution in [3.63, 3.8) is 0 Å². The standard InChI is InChI=1S/C15H10F3N3O2/c16-9-15(17,18)22-11-5-3-4-10(8-11)14-20-13(21-23-14)12-6-1-2-7-19-12/h1-8H,9H2. The van der Waals surface area contributed by atoms with Crippen LogP contribution in [0.25, 0.3) is 23.0 Å². The molecule has 0 N–H and O–H groups in total. The highest BCUT2D eigenvalue weighted by Gasteiger charge is 2.31. The van der Waals surface area contributed by atoms with Gasteiger partial charge in [0, 0.05) is 11.8 Å². The van der Waals surface area contributed by atoms with Crippen LogP contribution in [0.1, 0.15) is 0 Å². The minimum absolute atomic E-state index is 0.111. The molecule has 0 saturated heterocycles. The predicted molar refractivity (Wildman–Crippen MR) is 74.5 cm³/mol. The van der Waals surface area contributed by atoms with Crippen LogP contribution >= 0.6 is 0 Å². The summed E-state index contributed by atoms with van der Waals surface area (Å²) in [5.74, 6) is 0.170. The fraction of sp³-hybridized carbons (Fsp3) is 0.133. The van der Waals surface area contributed by atoms with E-state index in [0.29, 0.717) is 11.3 Å². The minimum Gasteiger partial charge on any atom is -0.431 e. The third kappa shape index (κ3) is 3.47. The lowest BCUT2D eigenvalue weighted by atomic mass is 10.2. The topological polar surface area (TPSA) is 61.0 Å². The van der Waals surface area contributed by atoms with Crippen molar-refractivity contribution in [2.24, 2.45) is 0 Å². The first-order valence-corrected chi connectivity index (χ1v) is 6.56. The first kappa shape index (κ1) is 15.0. The van der Waals surface area contributed by atoms with E-state index >= 15 is 0 Å². The highest BCUT2D eigenvalue weighted by Crippen LogP contribution is 2.27. The second-order valence-corrected chi connectivity index (χ2v) is 4.54. The molecule has 0 spiro atoms. The summed E-state index contributed by atoms with van der Waals surface area (Å²) < 4.78 is 47.4. The van der Waals surface area contributed by atoms with Crippen molar-refractivity contribution in [1.82, 2.24) is 15.1 Å². The number of alkyl halides is 3. The summed E-state index contributed by atoms with van der Waals surface area (Å²) in [5.41, 5.74) is 0.880. The molecule has 0 bridgehead atoms. The van der Waals surface area contributed by atoms with Gasteiger partial charge in [0.15, 0.2) is 6.67 Å². The molecule has 0 atom stereocenters. The summed E-state index contributed by atoms with van der Waals surface area (Å²) in [6.45, 7) is -1.92. The average Bonchev–Trinajstić information content (AvgIpc) is 3.06. The second kappa shape index (κ2) is 6.07. The highest BCUT2D eigenvalue weighted by molar-refractivity contribution is 5.59. The van der Waals surface area contributed by atoms with Crippen molar-refractivity contribution in [2.45, 2.75) is 6.11 Å². The maximum absolute atomic E-state index is 12.9. The molecule has 118 valence electrons. The average molecular weight is 321 g/mol. The van der Waals surface area contributed by atoms with E-state index in [0.717, 1.165) is 0 Å². The number of halogens is 3. The summed E-state index contributed by atoms with van der Waals surface area (Å²) in [5, 5.41) is 3.79. The van der Waals surface area contributed by atoms with E-state index in [1.165, 1.54) is 18.2 Å². The molecule has 8 heteroatoms. The fourth-order valence-corrected chi connectivity index (χ4v) is 1.83. The van der Waals surface area contributed by atoms with Crippen molar-refractivity contribution < 1.29 is 22.4 Å². The molecule has 0 aliphatic carbocycles. The van der Waals surface area contributed by atoms with Gasteiger partial charge in [-0.25, -0.2) is 4.39 Å². The van der Waals surface area contributed by atoms with Crippen molar-refractivity contribution in [3.05, 3.63) is 48.7 Å². The number of nitrogens with zero attached hydrogens (tertiary/aromatic N) is 3. The molecular weight excluding hydrogens is 311 g/mol. The number of hydrogen-bond donors (Lipinski definition) is 0. The van der Waals surface area contributed by atoms with Gasteiger partial charge in [0.2, 0.25) is 5.82 Å². The predicted octanol–water partition coefficient (Wildman–Crippen LogP) is 3.74. The van der Waals surface area contributed by atoms with Crippen molar-refractivity contribution >= 4 is 0 Å². The quantitative estimate of drug-likeness (QED) is 0.716. The molecule has 0 fully saturated rings. The van der Waals surface area contributed by atoms with Crippen LogP contribution in [0, 0.1) is 0 Å². The molecule has 2 heterocycles. The van der Waals surface area contributed by atoms with Gasteiger partial charge in [-0.1, -0.05) is 17.3 Å². The van der Waals surface area contributed by atoms with Gasteiger partial charge in [-0.15, -0.1) is 0 Å². The Labute approximate surface area is 128 Å². The summed E-state index contributed by atoms with van der Waals surface area (Å²) in [4.78, 5) is 8.23. The van der Waals surface area contributed by atoms with Crippen LogP contribution in [0.5, 0.6) is 5.75 Å². The lowest BCUT2D eigenvalue weighted by Gasteiger charge is -2.14. The minimum atomic E-state index is -3.88. The van der Waals surface area contributed by atoms with Crippen LogP contribution in [-0.2, 0) is 0 Å². The number of hydrogen-bond acceptors (Lipinski definition) is 5. The Kier molecular flexibility index (Phi) is 3.96. The molecule has 2 aromatic heterocycles. The van der Waals surface area contributed by atoms with Crippen molar-refractivity contribution in [1.29, 1.82) is 0 Å². The van der Waals surface area contributed by atoms with Gasteiger partial charge in [-0.3, -0.25) is 4.98 Å². The lowest BCUT2D eigenvalue weighted by Crippen LogP contribution is -2.26. The molecule has 0 saturated carbocycles. The summed E-state index contributed by atoms with van der Waals surface area (Å²) in [7, 11) is 0. The number of benzene rings is 1. The van der Waals surface area contributed by atoms with Gasteiger partial charge in [0.25, 0.3) is 5.89 Å². The summed E-state index contributed by atoms with van der Waals surface area (Å²) >= 11 is 0. The molecule has 3 aromatic rings. The van der Waals surface area contributed by atoms with Gasteiger partial charge in [-0.05, 0) is 30.3 Å². The maximum Gasteiger partial charge on any atom is 0.427 e. The Morgan fingerprint density at radius 1 is 1.13 bits per heavy atom. The largest absolute Gasteiger partial charge is 0.431 e. The molecule has 0 aliphatic heterocycles. The molecule has 0 radical (unpaired) electrons. The van der Waals surface area contributed by atoms with Crippen LogP contribution in [0.4, 0.5) is 13.2 Å². The van der Waals surface area contributed by atoms with Crippen LogP contribution in [0.2, 0.25) is 0 Å². The zero-order chi connectivity index (χ0) is 16.3.